The summed E-state index contributed by atoms with van der Waals surface area (Å²) < 4.78 is 0. The second kappa shape index (κ2) is 7.09. The zero-order chi connectivity index (χ0) is 15.2. The monoisotopic (exact) mass is 303 g/mol. The maximum Gasteiger partial charge on any atom is 0.269 e. The maximum atomic E-state index is 11.8. The van der Waals surface area contributed by atoms with Crippen molar-refractivity contribution in [3.05, 3.63) is 53.3 Å². The summed E-state index contributed by atoms with van der Waals surface area (Å²) in [6.07, 6.45) is 1.64. The molecule has 0 aliphatic carbocycles. The van der Waals surface area contributed by atoms with Crippen LogP contribution in [0.2, 0.25) is 5.02 Å². The molecule has 0 saturated heterocycles. The van der Waals surface area contributed by atoms with Crippen LogP contribution in [0.25, 0.3) is 0 Å². The highest BCUT2D eigenvalue weighted by molar-refractivity contribution is 6.30. The molecule has 110 valence electrons. The molecule has 0 aliphatic heterocycles. The molecule has 2 aromatic rings. The van der Waals surface area contributed by atoms with E-state index < -0.39 is 0 Å². The van der Waals surface area contributed by atoms with Crippen LogP contribution in [0.5, 0.6) is 0 Å². The first-order valence-corrected chi connectivity index (χ1v) is 7.19. The molecule has 1 amide bonds. The van der Waals surface area contributed by atoms with Gasteiger partial charge >= 0.3 is 0 Å². The standard InChI is InChI=1S/C16H18ClN3O/c1-11(2)9-19-16(21)15-8-7-14(10-18-15)20-13-5-3-12(17)4-6-13/h3-8,10-11,20H,9H2,1-2H3,(H,19,21). The number of nitrogens with zero attached hydrogens (tertiary/aromatic N) is 1. The van der Waals surface area contributed by atoms with E-state index in [-0.39, 0.29) is 5.91 Å². The second-order valence-electron chi connectivity index (χ2n) is 5.17. The lowest BCUT2D eigenvalue weighted by atomic mass is 10.2. The van der Waals surface area contributed by atoms with Crippen LogP contribution in [0.4, 0.5) is 11.4 Å². The molecule has 1 aromatic heterocycles. The van der Waals surface area contributed by atoms with Gasteiger partial charge in [-0.2, -0.15) is 0 Å². The summed E-state index contributed by atoms with van der Waals surface area (Å²) in [5.74, 6) is 0.265. The molecular weight excluding hydrogens is 286 g/mol. The number of rotatable bonds is 5. The van der Waals surface area contributed by atoms with Crippen LogP contribution in [0.1, 0.15) is 24.3 Å². The van der Waals surface area contributed by atoms with Crippen LogP contribution in [-0.4, -0.2) is 17.4 Å². The van der Waals surface area contributed by atoms with Crippen LogP contribution in [0.3, 0.4) is 0 Å². The third kappa shape index (κ3) is 4.76. The van der Waals surface area contributed by atoms with Gasteiger partial charge in [0.1, 0.15) is 5.69 Å². The summed E-state index contributed by atoms with van der Waals surface area (Å²) in [6.45, 7) is 4.74. The number of anilines is 2. The first kappa shape index (κ1) is 15.3. The van der Waals surface area contributed by atoms with E-state index in [0.717, 1.165) is 11.4 Å². The maximum absolute atomic E-state index is 11.8. The van der Waals surface area contributed by atoms with Gasteiger partial charge in [0.2, 0.25) is 0 Å². The third-order valence-corrected chi connectivity index (χ3v) is 3.05. The van der Waals surface area contributed by atoms with Gasteiger partial charge in [0.05, 0.1) is 11.9 Å². The minimum absolute atomic E-state index is 0.151. The van der Waals surface area contributed by atoms with Crippen molar-refractivity contribution in [3.8, 4) is 0 Å². The first-order chi connectivity index (χ1) is 10.0. The summed E-state index contributed by atoms with van der Waals surface area (Å²) in [5, 5.41) is 6.72. The van der Waals surface area contributed by atoms with Crippen molar-refractivity contribution >= 4 is 28.9 Å². The van der Waals surface area contributed by atoms with Crippen molar-refractivity contribution in [1.82, 2.24) is 10.3 Å². The molecule has 0 bridgehead atoms. The number of hydrogen-bond donors (Lipinski definition) is 2. The van der Waals surface area contributed by atoms with Crippen LogP contribution in [-0.2, 0) is 0 Å². The van der Waals surface area contributed by atoms with E-state index >= 15 is 0 Å². The largest absolute Gasteiger partial charge is 0.354 e. The predicted octanol–water partition coefficient (Wildman–Crippen LogP) is 3.86. The number of hydrogen-bond acceptors (Lipinski definition) is 3. The highest BCUT2D eigenvalue weighted by atomic mass is 35.5. The lowest BCUT2D eigenvalue weighted by Gasteiger charge is -2.09. The van der Waals surface area contributed by atoms with Gasteiger partial charge in [0.15, 0.2) is 0 Å². The summed E-state index contributed by atoms with van der Waals surface area (Å²) in [5.41, 5.74) is 2.15. The number of amides is 1. The number of benzene rings is 1. The first-order valence-electron chi connectivity index (χ1n) is 6.81. The molecule has 2 N–H and O–H groups in total. The molecule has 0 spiro atoms. The van der Waals surface area contributed by atoms with Crippen molar-refractivity contribution in [3.63, 3.8) is 0 Å². The molecule has 0 atom stereocenters. The smallest absolute Gasteiger partial charge is 0.269 e. The van der Waals surface area contributed by atoms with Gasteiger partial charge in [-0.05, 0) is 42.3 Å². The summed E-state index contributed by atoms with van der Waals surface area (Å²) in [7, 11) is 0. The summed E-state index contributed by atoms with van der Waals surface area (Å²) in [4.78, 5) is 16.0. The number of halogens is 1. The van der Waals surface area contributed by atoms with Gasteiger partial charge in [-0.15, -0.1) is 0 Å². The lowest BCUT2D eigenvalue weighted by molar-refractivity contribution is 0.0944. The molecule has 0 unspecified atom stereocenters. The normalized spacial score (nSPS) is 10.5. The van der Waals surface area contributed by atoms with Crippen LogP contribution in [0, 0.1) is 5.92 Å². The SMILES string of the molecule is CC(C)CNC(=O)c1ccc(Nc2ccc(Cl)cc2)cn1. The Kier molecular flexibility index (Phi) is 5.17. The number of aromatic nitrogens is 1. The molecule has 21 heavy (non-hydrogen) atoms. The highest BCUT2D eigenvalue weighted by Gasteiger charge is 2.07. The molecular formula is C16H18ClN3O. The Labute approximate surface area is 129 Å². The minimum Gasteiger partial charge on any atom is -0.354 e. The molecule has 1 heterocycles. The van der Waals surface area contributed by atoms with Crippen molar-refractivity contribution in [1.29, 1.82) is 0 Å². The van der Waals surface area contributed by atoms with E-state index in [1.807, 2.05) is 44.2 Å². The molecule has 5 heteroatoms. The topological polar surface area (TPSA) is 54.0 Å². The Morgan fingerprint density at radius 2 is 1.81 bits per heavy atom. The molecule has 0 fully saturated rings. The Hall–Kier alpha value is -2.07. The molecule has 0 aliphatic rings. The van der Waals surface area contributed by atoms with E-state index in [1.54, 1.807) is 12.3 Å². The van der Waals surface area contributed by atoms with E-state index in [1.165, 1.54) is 0 Å². The Balaban J connectivity index is 1.98. The van der Waals surface area contributed by atoms with E-state index in [4.69, 9.17) is 11.6 Å². The van der Waals surface area contributed by atoms with Crippen molar-refractivity contribution in [2.45, 2.75) is 13.8 Å². The summed E-state index contributed by atoms with van der Waals surface area (Å²) in [6, 6.07) is 10.9. The zero-order valence-corrected chi connectivity index (χ0v) is 12.8. The van der Waals surface area contributed by atoms with Crippen LogP contribution in [0.15, 0.2) is 42.6 Å². The number of nitrogens with one attached hydrogen (secondary N) is 2. The molecule has 2 rings (SSSR count). The zero-order valence-electron chi connectivity index (χ0n) is 12.1. The Morgan fingerprint density at radius 1 is 1.14 bits per heavy atom. The molecule has 0 radical (unpaired) electrons. The molecule has 0 saturated carbocycles. The molecule has 1 aromatic carbocycles. The minimum atomic E-state index is -0.151. The molecule has 4 nitrogen and oxygen atoms in total. The quantitative estimate of drug-likeness (QED) is 0.881. The van der Waals surface area contributed by atoms with Crippen LogP contribution >= 0.6 is 11.6 Å². The predicted molar refractivity (Wildman–Crippen MR) is 86.1 cm³/mol. The number of carbonyl (C=O) groups is 1. The summed E-state index contributed by atoms with van der Waals surface area (Å²) >= 11 is 5.84. The van der Waals surface area contributed by atoms with Crippen LogP contribution < -0.4 is 10.6 Å². The van der Waals surface area contributed by atoms with Gasteiger partial charge in [-0.1, -0.05) is 25.4 Å². The van der Waals surface area contributed by atoms with Crippen molar-refractivity contribution in [2.24, 2.45) is 5.92 Å². The van der Waals surface area contributed by atoms with E-state index in [9.17, 15) is 4.79 Å². The fourth-order valence-corrected chi connectivity index (χ4v) is 1.82. The lowest BCUT2D eigenvalue weighted by Crippen LogP contribution is -2.27. The van der Waals surface area contributed by atoms with Crippen molar-refractivity contribution < 1.29 is 4.79 Å². The average Bonchev–Trinajstić information content (AvgIpc) is 2.48. The van der Waals surface area contributed by atoms with Gasteiger partial charge in [0, 0.05) is 17.3 Å². The number of pyridine rings is 1. The number of carbonyl (C=O) groups excluding carboxylic acids is 1. The third-order valence-electron chi connectivity index (χ3n) is 2.80. The fourth-order valence-electron chi connectivity index (χ4n) is 1.69. The Morgan fingerprint density at radius 3 is 2.38 bits per heavy atom. The van der Waals surface area contributed by atoms with Gasteiger partial charge < -0.3 is 10.6 Å². The Bertz CT molecular complexity index is 594. The van der Waals surface area contributed by atoms with Gasteiger partial charge in [0.25, 0.3) is 5.91 Å². The van der Waals surface area contributed by atoms with Gasteiger partial charge in [-0.3, -0.25) is 4.79 Å². The fraction of sp³-hybridized carbons (Fsp3) is 0.250. The van der Waals surface area contributed by atoms with Crippen molar-refractivity contribution in [2.75, 3.05) is 11.9 Å². The highest BCUT2D eigenvalue weighted by Crippen LogP contribution is 2.18. The van der Waals surface area contributed by atoms with E-state index in [2.05, 4.69) is 15.6 Å². The second-order valence-corrected chi connectivity index (χ2v) is 5.60. The average molecular weight is 304 g/mol. The van der Waals surface area contributed by atoms with Gasteiger partial charge in [-0.25, -0.2) is 4.98 Å². The van der Waals surface area contributed by atoms with E-state index in [0.29, 0.717) is 23.2 Å².